The lowest BCUT2D eigenvalue weighted by Gasteiger charge is -2.17. The molecule has 126 valence electrons. The third-order valence-corrected chi connectivity index (χ3v) is 3.25. The molecule has 2 aromatic rings. The molecule has 0 bridgehead atoms. The van der Waals surface area contributed by atoms with Gasteiger partial charge in [-0.1, -0.05) is 36.4 Å². The molecule has 0 saturated heterocycles. The SMILES string of the molecule is COc1ccc([C@@H](CC(=O)O)NC(=O)OCc2ccccc2)cn1. The van der Waals surface area contributed by atoms with E-state index in [-0.39, 0.29) is 13.0 Å². The summed E-state index contributed by atoms with van der Waals surface area (Å²) in [5.74, 6) is -0.640. The smallest absolute Gasteiger partial charge is 0.407 e. The molecule has 0 fully saturated rings. The van der Waals surface area contributed by atoms with Crippen LogP contribution in [0.5, 0.6) is 5.88 Å². The first-order valence-electron chi connectivity index (χ1n) is 7.27. The van der Waals surface area contributed by atoms with Gasteiger partial charge in [0.15, 0.2) is 0 Å². The van der Waals surface area contributed by atoms with Gasteiger partial charge in [0.2, 0.25) is 5.88 Å². The van der Waals surface area contributed by atoms with Crippen LogP contribution >= 0.6 is 0 Å². The number of rotatable bonds is 7. The number of hydrogen-bond acceptors (Lipinski definition) is 5. The monoisotopic (exact) mass is 330 g/mol. The molecule has 7 nitrogen and oxygen atoms in total. The number of aromatic nitrogens is 1. The van der Waals surface area contributed by atoms with Gasteiger partial charge in [-0.3, -0.25) is 4.79 Å². The molecule has 1 aromatic carbocycles. The van der Waals surface area contributed by atoms with Gasteiger partial charge in [0.25, 0.3) is 0 Å². The normalized spacial score (nSPS) is 11.4. The summed E-state index contributed by atoms with van der Waals surface area (Å²) in [6.45, 7) is 0.104. The lowest BCUT2D eigenvalue weighted by Crippen LogP contribution is -2.30. The number of alkyl carbamates (subject to hydrolysis) is 1. The van der Waals surface area contributed by atoms with Gasteiger partial charge in [-0.2, -0.15) is 0 Å². The van der Waals surface area contributed by atoms with Gasteiger partial charge in [-0.05, 0) is 11.1 Å². The topological polar surface area (TPSA) is 97.8 Å². The van der Waals surface area contributed by atoms with Crippen molar-refractivity contribution < 1.29 is 24.2 Å². The van der Waals surface area contributed by atoms with Crippen LogP contribution in [0.25, 0.3) is 0 Å². The van der Waals surface area contributed by atoms with E-state index in [1.165, 1.54) is 13.3 Å². The van der Waals surface area contributed by atoms with Crippen LogP contribution in [0.4, 0.5) is 4.79 Å². The lowest BCUT2D eigenvalue weighted by molar-refractivity contribution is -0.137. The number of carboxylic acids is 1. The standard InChI is InChI=1S/C17H18N2O5/c1-23-15-8-7-13(10-18-15)14(9-16(20)21)19-17(22)24-11-12-5-3-2-4-6-12/h2-8,10,14H,9,11H2,1H3,(H,19,22)(H,20,21)/t14-/m1/s1. The van der Waals surface area contributed by atoms with Gasteiger partial charge in [0.1, 0.15) is 6.61 Å². The maximum atomic E-state index is 11.9. The average molecular weight is 330 g/mol. The van der Waals surface area contributed by atoms with E-state index in [1.807, 2.05) is 30.3 Å². The maximum Gasteiger partial charge on any atom is 0.407 e. The van der Waals surface area contributed by atoms with E-state index in [4.69, 9.17) is 14.6 Å². The van der Waals surface area contributed by atoms with Gasteiger partial charge < -0.3 is 19.9 Å². The lowest BCUT2D eigenvalue weighted by atomic mass is 10.1. The summed E-state index contributed by atoms with van der Waals surface area (Å²) in [6.07, 6.45) is 0.485. The van der Waals surface area contributed by atoms with Gasteiger partial charge >= 0.3 is 12.1 Å². The summed E-state index contributed by atoms with van der Waals surface area (Å²) in [5, 5.41) is 11.6. The Hall–Kier alpha value is -3.09. The molecule has 7 heteroatoms. The van der Waals surface area contributed by atoms with Crippen LogP contribution in [0.2, 0.25) is 0 Å². The highest BCUT2D eigenvalue weighted by Gasteiger charge is 2.19. The number of carbonyl (C=O) groups excluding carboxylic acids is 1. The Morgan fingerprint density at radius 2 is 1.96 bits per heavy atom. The fourth-order valence-corrected chi connectivity index (χ4v) is 2.05. The summed E-state index contributed by atoms with van der Waals surface area (Å²) >= 11 is 0. The summed E-state index contributed by atoms with van der Waals surface area (Å²) in [5.41, 5.74) is 1.39. The largest absolute Gasteiger partial charge is 0.481 e. The molecule has 0 radical (unpaired) electrons. The van der Waals surface area contributed by atoms with Crippen molar-refractivity contribution in [3.8, 4) is 5.88 Å². The van der Waals surface area contributed by atoms with Crippen LogP contribution in [-0.2, 0) is 16.1 Å². The second-order valence-corrected chi connectivity index (χ2v) is 4.99. The minimum Gasteiger partial charge on any atom is -0.481 e. The van der Waals surface area contributed by atoms with E-state index in [1.54, 1.807) is 12.1 Å². The van der Waals surface area contributed by atoms with E-state index >= 15 is 0 Å². The van der Waals surface area contributed by atoms with Crippen molar-refractivity contribution in [2.45, 2.75) is 19.1 Å². The van der Waals surface area contributed by atoms with Gasteiger partial charge in [0.05, 0.1) is 19.6 Å². The molecule has 24 heavy (non-hydrogen) atoms. The zero-order valence-corrected chi connectivity index (χ0v) is 13.1. The third kappa shape index (κ3) is 5.28. The van der Waals surface area contributed by atoms with Crippen molar-refractivity contribution in [3.05, 3.63) is 59.8 Å². The van der Waals surface area contributed by atoms with E-state index in [0.29, 0.717) is 11.4 Å². The van der Waals surface area contributed by atoms with Crippen molar-refractivity contribution in [3.63, 3.8) is 0 Å². The van der Waals surface area contributed by atoms with Crippen molar-refractivity contribution in [1.82, 2.24) is 10.3 Å². The number of carbonyl (C=O) groups is 2. The molecule has 2 rings (SSSR count). The van der Waals surface area contributed by atoms with E-state index in [0.717, 1.165) is 5.56 Å². The third-order valence-electron chi connectivity index (χ3n) is 3.25. The molecule has 0 aliphatic heterocycles. The minimum absolute atomic E-state index is 0.104. The summed E-state index contributed by atoms with van der Waals surface area (Å²) < 4.78 is 10.1. The summed E-state index contributed by atoms with van der Waals surface area (Å²) in [7, 11) is 1.48. The Morgan fingerprint density at radius 1 is 1.21 bits per heavy atom. The van der Waals surface area contributed by atoms with Crippen molar-refractivity contribution >= 4 is 12.1 Å². The predicted octanol–water partition coefficient (Wildman–Crippen LogP) is 2.53. The van der Waals surface area contributed by atoms with Crippen LogP contribution in [-0.4, -0.2) is 29.3 Å². The zero-order valence-electron chi connectivity index (χ0n) is 13.1. The molecular formula is C17H18N2O5. The highest BCUT2D eigenvalue weighted by molar-refractivity contribution is 5.71. The fraction of sp³-hybridized carbons (Fsp3) is 0.235. The molecule has 0 aliphatic carbocycles. The number of nitrogens with zero attached hydrogens (tertiary/aromatic N) is 1. The quantitative estimate of drug-likeness (QED) is 0.809. The maximum absolute atomic E-state index is 11.9. The molecule has 2 N–H and O–H groups in total. The molecule has 1 heterocycles. The summed E-state index contributed by atoms with van der Waals surface area (Å²) in [6, 6.07) is 11.7. The first-order valence-corrected chi connectivity index (χ1v) is 7.27. The second-order valence-electron chi connectivity index (χ2n) is 4.99. The van der Waals surface area contributed by atoms with Crippen molar-refractivity contribution in [1.29, 1.82) is 0 Å². The number of aliphatic carboxylic acids is 1. The van der Waals surface area contributed by atoms with Gasteiger partial charge in [-0.25, -0.2) is 9.78 Å². The van der Waals surface area contributed by atoms with E-state index in [9.17, 15) is 9.59 Å². The van der Waals surface area contributed by atoms with Crippen LogP contribution < -0.4 is 10.1 Å². The van der Waals surface area contributed by atoms with Crippen LogP contribution in [0, 0.1) is 0 Å². The highest BCUT2D eigenvalue weighted by atomic mass is 16.5. The number of ether oxygens (including phenoxy) is 2. The Balaban J connectivity index is 1.99. The van der Waals surface area contributed by atoms with Gasteiger partial charge in [0, 0.05) is 12.3 Å². The highest BCUT2D eigenvalue weighted by Crippen LogP contribution is 2.18. The number of methoxy groups -OCH3 is 1. The fourth-order valence-electron chi connectivity index (χ4n) is 2.05. The summed E-state index contributed by atoms with van der Waals surface area (Å²) in [4.78, 5) is 27.0. The molecule has 1 aromatic heterocycles. The van der Waals surface area contributed by atoms with Crippen LogP contribution in [0.3, 0.4) is 0 Å². The first kappa shape index (κ1) is 17.3. The number of nitrogens with one attached hydrogen (secondary N) is 1. The Morgan fingerprint density at radius 3 is 2.54 bits per heavy atom. The Labute approximate surface area is 139 Å². The van der Waals surface area contributed by atoms with Gasteiger partial charge in [-0.15, -0.1) is 0 Å². The minimum atomic E-state index is -1.04. The molecular weight excluding hydrogens is 312 g/mol. The van der Waals surface area contributed by atoms with Crippen LogP contribution in [0.1, 0.15) is 23.6 Å². The molecule has 0 unspecified atom stereocenters. The second kappa shape index (κ2) is 8.52. The zero-order chi connectivity index (χ0) is 17.4. The van der Waals surface area contributed by atoms with Crippen molar-refractivity contribution in [2.24, 2.45) is 0 Å². The number of benzene rings is 1. The number of hydrogen-bond donors (Lipinski definition) is 2. The Bertz CT molecular complexity index is 673. The molecule has 1 atom stereocenters. The van der Waals surface area contributed by atoms with Crippen molar-refractivity contribution in [2.75, 3.05) is 7.11 Å². The molecule has 0 spiro atoms. The molecule has 1 amide bonds. The first-order chi connectivity index (χ1) is 11.6. The molecule has 0 saturated carbocycles. The van der Waals surface area contributed by atoms with Crippen LogP contribution in [0.15, 0.2) is 48.7 Å². The van der Waals surface area contributed by atoms with E-state index in [2.05, 4.69) is 10.3 Å². The predicted molar refractivity (Wildman–Crippen MR) is 85.5 cm³/mol. The Kier molecular flexibility index (Phi) is 6.13. The van der Waals surface area contributed by atoms with E-state index < -0.39 is 18.1 Å². The average Bonchev–Trinajstić information content (AvgIpc) is 2.60. The number of carboxylic acid groups (broad SMARTS) is 1. The molecule has 0 aliphatic rings. The number of amides is 1. The number of pyridine rings is 1.